The van der Waals surface area contributed by atoms with Crippen LogP contribution >= 0.6 is 0 Å². The number of sulfone groups is 1. The zero-order chi connectivity index (χ0) is 17.3. The fraction of sp³-hybridized carbons (Fsp3) is 0.500. The summed E-state index contributed by atoms with van der Waals surface area (Å²) in [5.74, 6) is 0.448. The van der Waals surface area contributed by atoms with Crippen LogP contribution in [0.2, 0.25) is 0 Å². The van der Waals surface area contributed by atoms with Gasteiger partial charge in [-0.3, -0.25) is 0 Å². The van der Waals surface area contributed by atoms with Crippen molar-refractivity contribution in [2.45, 2.75) is 20.1 Å². The first-order valence-corrected chi connectivity index (χ1v) is 9.10. The second-order valence-electron chi connectivity index (χ2n) is 4.74. The Hall–Kier alpha value is -1.90. The van der Waals surface area contributed by atoms with E-state index in [0.29, 0.717) is 18.1 Å². The van der Waals surface area contributed by atoms with Gasteiger partial charge in [-0.05, 0) is 13.0 Å². The van der Waals surface area contributed by atoms with Gasteiger partial charge in [0.1, 0.15) is 15.6 Å². The lowest BCUT2D eigenvalue weighted by Crippen LogP contribution is -2.39. The maximum atomic E-state index is 12.4. The van der Waals surface area contributed by atoms with Crippen molar-refractivity contribution < 1.29 is 21.9 Å². The Morgan fingerprint density at radius 1 is 1.30 bits per heavy atom. The van der Waals surface area contributed by atoms with Gasteiger partial charge in [-0.2, -0.15) is 8.78 Å². The number of aliphatic imine (C=N–C) groups is 1. The lowest BCUT2D eigenvalue weighted by Gasteiger charge is -2.12. The SMILES string of the molecule is CCNC(=NCc1ccccc1OC(F)F)NCCS(C)(=O)=O. The van der Waals surface area contributed by atoms with E-state index in [9.17, 15) is 17.2 Å². The number of ether oxygens (including phenoxy) is 1. The van der Waals surface area contributed by atoms with Crippen LogP contribution in [0.3, 0.4) is 0 Å². The van der Waals surface area contributed by atoms with E-state index in [2.05, 4.69) is 20.4 Å². The molecule has 0 saturated carbocycles. The van der Waals surface area contributed by atoms with Crippen molar-refractivity contribution in [2.75, 3.05) is 25.1 Å². The fourth-order valence-electron chi connectivity index (χ4n) is 1.71. The van der Waals surface area contributed by atoms with Crippen LogP contribution in [0.25, 0.3) is 0 Å². The molecule has 0 saturated heterocycles. The second-order valence-corrected chi connectivity index (χ2v) is 7.00. The van der Waals surface area contributed by atoms with Crippen molar-refractivity contribution in [3.8, 4) is 5.75 Å². The maximum absolute atomic E-state index is 12.4. The Morgan fingerprint density at radius 2 is 2.00 bits per heavy atom. The molecule has 0 unspecified atom stereocenters. The standard InChI is InChI=1S/C14H21F2N3O3S/c1-3-17-14(18-8-9-23(2,20)21)19-10-11-6-4-5-7-12(11)22-13(15)16/h4-7,13H,3,8-10H2,1-2H3,(H2,17,18,19). The average Bonchev–Trinajstić information content (AvgIpc) is 2.44. The molecule has 9 heteroatoms. The lowest BCUT2D eigenvalue weighted by atomic mass is 10.2. The second kappa shape index (κ2) is 9.29. The minimum absolute atomic E-state index is 0.0253. The van der Waals surface area contributed by atoms with Gasteiger partial charge in [0.05, 0.1) is 12.3 Å². The average molecular weight is 349 g/mol. The molecular weight excluding hydrogens is 328 g/mol. The Bertz CT molecular complexity index is 621. The van der Waals surface area contributed by atoms with Crippen molar-refractivity contribution in [1.82, 2.24) is 10.6 Å². The predicted molar refractivity (Wildman–Crippen MR) is 85.6 cm³/mol. The summed E-state index contributed by atoms with van der Waals surface area (Å²) in [6.45, 7) is -0.125. The van der Waals surface area contributed by atoms with E-state index in [0.717, 1.165) is 6.26 Å². The molecule has 0 bridgehead atoms. The number of hydrogen-bond donors (Lipinski definition) is 2. The Morgan fingerprint density at radius 3 is 2.61 bits per heavy atom. The van der Waals surface area contributed by atoms with Gasteiger partial charge in [0.2, 0.25) is 0 Å². The van der Waals surface area contributed by atoms with Crippen molar-refractivity contribution in [2.24, 2.45) is 4.99 Å². The van der Waals surface area contributed by atoms with Crippen LogP contribution in [0.5, 0.6) is 5.75 Å². The highest BCUT2D eigenvalue weighted by Crippen LogP contribution is 2.20. The molecule has 23 heavy (non-hydrogen) atoms. The third-order valence-corrected chi connectivity index (χ3v) is 3.65. The number of alkyl halides is 2. The monoisotopic (exact) mass is 349 g/mol. The third kappa shape index (κ3) is 8.34. The van der Waals surface area contributed by atoms with E-state index in [1.165, 1.54) is 6.07 Å². The molecule has 0 aliphatic heterocycles. The molecule has 0 aliphatic carbocycles. The van der Waals surface area contributed by atoms with Crippen LogP contribution in [-0.4, -0.2) is 46.1 Å². The molecule has 0 aromatic heterocycles. The zero-order valence-electron chi connectivity index (χ0n) is 13.1. The molecule has 1 aromatic carbocycles. The molecule has 0 atom stereocenters. The lowest BCUT2D eigenvalue weighted by molar-refractivity contribution is -0.0504. The number of nitrogens with zero attached hydrogens (tertiary/aromatic N) is 1. The van der Waals surface area contributed by atoms with E-state index >= 15 is 0 Å². The predicted octanol–water partition coefficient (Wildman–Crippen LogP) is 1.39. The topological polar surface area (TPSA) is 79.8 Å². The molecule has 0 fully saturated rings. The van der Waals surface area contributed by atoms with E-state index in [-0.39, 0.29) is 24.6 Å². The van der Waals surface area contributed by atoms with Crippen LogP contribution in [0.1, 0.15) is 12.5 Å². The first-order chi connectivity index (χ1) is 10.8. The number of halogens is 2. The molecule has 1 aromatic rings. The van der Waals surface area contributed by atoms with E-state index in [1.54, 1.807) is 18.2 Å². The summed E-state index contributed by atoms with van der Waals surface area (Å²) >= 11 is 0. The summed E-state index contributed by atoms with van der Waals surface area (Å²) in [4.78, 5) is 4.25. The fourth-order valence-corrected chi connectivity index (χ4v) is 2.18. The molecule has 6 nitrogen and oxygen atoms in total. The van der Waals surface area contributed by atoms with Gasteiger partial charge in [-0.1, -0.05) is 18.2 Å². The van der Waals surface area contributed by atoms with Gasteiger partial charge in [-0.15, -0.1) is 0 Å². The van der Waals surface area contributed by atoms with Crippen LogP contribution in [0.15, 0.2) is 29.3 Å². The molecule has 0 radical (unpaired) electrons. The smallest absolute Gasteiger partial charge is 0.387 e. The Labute approximate surface area is 134 Å². The molecular formula is C14H21F2N3O3S. The van der Waals surface area contributed by atoms with Crippen molar-refractivity contribution in [3.05, 3.63) is 29.8 Å². The van der Waals surface area contributed by atoms with Gasteiger partial charge < -0.3 is 15.4 Å². The van der Waals surface area contributed by atoms with Crippen LogP contribution in [-0.2, 0) is 16.4 Å². The molecule has 0 heterocycles. The highest BCUT2D eigenvalue weighted by atomic mass is 32.2. The van der Waals surface area contributed by atoms with E-state index < -0.39 is 16.4 Å². The zero-order valence-corrected chi connectivity index (χ0v) is 13.9. The van der Waals surface area contributed by atoms with Crippen LogP contribution in [0, 0.1) is 0 Å². The quantitative estimate of drug-likeness (QED) is 0.548. The Balaban J connectivity index is 2.73. The van der Waals surface area contributed by atoms with Crippen molar-refractivity contribution in [1.29, 1.82) is 0 Å². The van der Waals surface area contributed by atoms with Crippen molar-refractivity contribution in [3.63, 3.8) is 0 Å². The summed E-state index contributed by atoms with van der Waals surface area (Å²) < 4.78 is 51.4. The largest absolute Gasteiger partial charge is 0.434 e. The first kappa shape index (κ1) is 19.1. The van der Waals surface area contributed by atoms with Gasteiger partial charge in [0, 0.05) is 24.9 Å². The Kier molecular flexibility index (Phi) is 7.73. The third-order valence-electron chi connectivity index (χ3n) is 2.71. The summed E-state index contributed by atoms with van der Waals surface area (Å²) in [7, 11) is -3.07. The van der Waals surface area contributed by atoms with Gasteiger partial charge in [-0.25, -0.2) is 13.4 Å². The summed E-state index contributed by atoms with van der Waals surface area (Å²) in [5, 5.41) is 5.83. The number of benzene rings is 1. The molecule has 2 N–H and O–H groups in total. The highest BCUT2D eigenvalue weighted by Gasteiger charge is 2.09. The minimum Gasteiger partial charge on any atom is -0.434 e. The number of hydrogen-bond acceptors (Lipinski definition) is 4. The number of para-hydroxylation sites is 1. The summed E-state index contributed by atoms with van der Waals surface area (Å²) in [5.41, 5.74) is 0.508. The van der Waals surface area contributed by atoms with E-state index in [1.807, 2.05) is 6.92 Å². The van der Waals surface area contributed by atoms with Gasteiger partial charge in [0.25, 0.3) is 0 Å². The molecule has 0 spiro atoms. The molecule has 0 amide bonds. The number of nitrogens with one attached hydrogen (secondary N) is 2. The van der Waals surface area contributed by atoms with Gasteiger partial charge >= 0.3 is 6.61 Å². The summed E-state index contributed by atoms with van der Waals surface area (Å²) in [6.07, 6.45) is 1.15. The minimum atomic E-state index is -3.07. The molecule has 1 rings (SSSR count). The highest BCUT2D eigenvalue weighted by molar-refractivity contribution is 7.90. The normalized spacial score (nSPS) is 12.3. The van der Waals surface area contributed by atoms with Crippen LogP contribution in [0.4, 0.5) is 8.78 Å². The number of rotatable bonds is 8. The van der Waals surface area contributed by atoms with Gasteiger partial charge in [0.15, 0.2) is 5.96 Å². The van der Waals surface area contributed by atoms with E-state index in [4.69, 9.17) is 0 Å². The molecule has 130 valence electrons. The summed E-state index contributed by atoms with van der Waals surface area (Å²) in [6, 6.07) is 6.38. The maximum Gasteiger partial charge on any atom is 0.387 e. The number of guanidine groups is 1. The molecule has 0 aliphatic rings. The first-order valence-electron chi connectivity index (χ1n) is 7.04. The van der Waals surface area contributed by atoms with Crippen molar-refractivity contribution >= 4 is 15.8 Å². The van der Waals surface area contributed by atoms with Crippen LogP contribution < -0.4 is 15.4 Å².